The summed E-state index contributed by atoms with van der Waals surface area (Å²) in [6.45, 7) is 8.23. The molecule has 1 atom stereocenters. The van der Waals surface area contributed by atoms with Crippen molar-refractivity contribution in [2.75, 3.05) is 50.6 Å². The van der Waals surface area contributed by atoms with Crippen LogP contribution in [-0.2, 0) is 19.9 Å². The van der Waals surface area contributed by atoms with Crippen molar-refractivity contribution in [3.63, 3.8) is 0 Å². The number of morpholine rings is 1. The molecule has 0 saturated carbocycles. The van der Waals surface area contributed by atoms with Crippen molar-refractivity contribution < 1.29 is 19.1 Å². The molecule has 2 aromatic carbocycles. The van der Waals surface area contributed by atoms with Gasteiger partial charge in [0.05, 0.1) is 42.6 Å². The molecule has 1 fully saturated rings. The lowest BCUT2D eigenvalue weighted by Crippen LogP contribution is -2.48. The maximum absolute atomic E-state index is 13.8. The first kappa shape index (κ1) is 26.3. The zero-order valence-electron chi connectivity index (χ0n) is 22.3. The van der Waals surface area contributed by atoms with Gasteiger partial charge in [-0.1, -0.05) is 48.5 Å². The van der Waals surface area contributed by atoms with Gasteiger partial charge in [0.2, 0.25) is 11.8 Å². The van der Waals surface area contributed by atoms with Gasteiger partial charge in [0, 0.05) is 29.8 Å². The highest BCUT2D eigenvalue weighted by molar-refractivity contribution is 8.00. The molecule has 0 spiro atoms. The molecule has 0 radical (unpaired) electrons. The molecule has 2 aliphatic heterocycles. The summed E-state index contributed by atoms with van der Waals surface area (Å²) >= 11 is 1.55. The van der Waals surface area contributed by atoms with E-state index in [0.717, 1.165) is 28.1 Å². The number of anilines is 1. The maximum atomic E-state index is 13.8. The number of carbonyl (C=O) groups is 2. The molecule has 5 rings (SSSR count). The number of rotatable bonds is 5. The minimum absolute atomic E-state index is 0.0406. The van der Waals surface area contributed by atoms with Crippen LogP contribution in [-0.4, -0.2) is 72.2 Å². The number of fused-ring (bicyclic) bond motifs is 1. The van der Waals surface area contributed by atoms with E-state index in [1.807, 2.05) is 59.3 Å². The summed E-state index contributed by atoms with van der Waals surface area (Å²) in [5.41, 5.74) is 3.21. The second kappa shape index (κ2) is 10.8. The molecule has 38 heavy (non-hydrogen) atoms. The normalized spacial score (nSPS) is 18.2. The third kappa shape index (κ3) is 5.05. The van der Waals surface area contributed by atoms with Gasteiger partial charge >= 0.3 is 0 Å². The van der Waals surface area contributed by atoms with E-state index in [0.29, 0.717) is 32.1 Å². The number of para-hydroxylation sites is 1. The average Bonchev–Trinajstić information content (AvgIpc) is 3.27. The highest BCUT2D eigenvalue weighted by atomic mass is 32.2. The van der Waals surface area contributed by atoms with Gasteiger partial charge in [0.15, 0.2) is 0 Å². The quantitative estimate of drug-likeness (QED) is 0.485. The first-order valence-electron chi connectivity index (χ1n) is 12.9. The van der Waals surface area contributed by atoms with E-state index < -0.39 is 5.54 Å². The molecule has 0 aliphatic carbocycles. The van der Waals surface area contributed by atoms with Gasteiger partial charge in [-0.3, -0.25) is 14.5 Å². The summed E-state index contributed by atoms with van der Waals surface area (Å²) in [6.07, 6.45) is 0. The maximum Gasteiger partial charge on any atom is 0.242 e. The van der Waals surface area contributed by atoms with Crippen LogP contribution >= 0.6 is 11.8 Å². The molecule has 1 saturated heterocycles. The summed E-state index contributed by atoms with van der Waals surface area (Å²) in [5, 5.41) is 4.91. The van der Waals surface area contributed by atoms with Crippen LogP contribution in [0.4, 0.5) is 5.82 Å². The summed E-state index contributed by atoms with van der Waals surface area (Å²) in [6, 6.07) is 18.0. The third-order valence-corrected chi connectivity index (χ3v) is 8.09. The number of benzene rings is 2. The molecule has 0 unspecified atom stereocenters. The van der Waals surface area contributed by atoms with Gasteiger partial charge in [-0.05, 0) is 26.8 Å². The largest absolute Gasteiger partial charge is 0.496 e. The molecule has 200 valence electrons. The molecular weight excluding hydrogens is 500 g/mol. The first-order chi connectivity index (χ1) is 18.3. The van der Waals surface area contributed by atoms with E-state index in [-0.39, 0.29) is 29.4 Å². The Labute approximate surface area is 227 Å². The number of thioether (sulfide) groups is 1. The molecule has 0 bridgehead atoms. The highest BCUT2D eigenvalue weighted by Gasteiger charge is 2.40. The predicted octanol–water partition coefficient (Wildman–Crippen LogP) is 4.34. The average molecular weight is 535 g/mol. The topological polar surface area (TPSA) is 76.9 Å². The molecule has 8 nitrogen and oxygen atoms in total. The predicted molar refractivity (Wildman–Crippen MR) is 150 cm³/mol. The number of carbonyl (C=O) groups excluding carboxylic acids is 2. The number of nitrogens with zero attached hydrogens (tertiary/aromatic N) is 4. The number of ether oxygens (including phenoxy) is 2. The van der Waals surface area contributed by atoms with Crippen LogP contribution in [0.5, 0.6) is 5.75 Å². The molecule has 3 heterocycles. The second-order valence-electron chi connectivity index (χ2n) is 10.4. The highest BCUT2D eigenvalue weighted by Crippen LogP contribution is 2.50. The van der Waals surface area contributed by atoms with Crippen LogP contribution in [0.3, 0.4) is 0 Å². The van der Waals surface area contributed by atoms with Crippen molar-refractivity contribution in [1.82, 2.24) is 14.7 Å². The van der Waals surface area contributed by atoms with Crippen molar-refractivity contribution in [3.05, 3.63) is 65.7 Å². The van der Waals surface area contributed by atoms with Crippen molar-refractivity contribution in [1.29, 1.82) is 0 Å². The Hall–Kier alpha value is -3.30. The summed E-state index contributed by atoms with van der Waals surface area (Å²) in [7, 11) is 1.66. The molecule has 3 aromatic rings. The first-order valence-corrected chi connectivity index (χ1v) is 13.9. The van der Waals surface area contributed by atoms with Crippen LogP contribution < -0.4 is 9.64 Å². The van der Waals surface area contributed by atoms with E-state index in [1.54, 1.807) is 28.7 Å². The summed E-state index contributed by atoms with van der Waals surface area (Å²) in [4.78, 5) is 30.7. The van der Waals surface area contributed by atoms with Gasteiger partial charge in [0.1, 0.15) is 18.1 Å². The summed E-state index contributed by atoms with van der Waals surface area (Å²) in [5.74, 6) is 1.45. The lowest BCUT2D eigenvalue weighted by molar-refractivity contribution is -0.134. The fraction of sp³-hybridized carbons (Fsp3) is 0.414. The summed E-state index contributed by atoms with van der Waals surface area (Å²) < 4.78 is 13.1. The van der Waals surface area contributed by atoms with E-state index in [1.165, 1.54) is 0 Å². The third-order valence-electron chi connectivity index (χ3n) is 6.85. The van der Waals surface area contributed by atoms with Crippen LogP contribution in [0.25, 0.3) is 11.3 Å². The van der Waals surface area contributed by atoms with Gasteiger partial charge in [-0.2, -0.15) is 5.10 Å². The molecule has 2 aliphatic rings. The lowest BCUT2D eigenvalue weighted by atomic mass is 9.98. The van der Waals surface area contributed by atoms with Crippen molar-refractivity contribution >= 4 is 29.4 Å². The minimum Gasteiger partial charge on any atom is -0.496 e. The smallest absolute Gasteiger partial charge is 0.242 e. The number of amides is 2. The molecule has 0 N–H and O–H groups in total. The second-order valence-corrected chi connectivity index (χ2v) is 11.5. The number of methoxy groups -OCH3 is 1. The van der Waals surface area contributed by atoms with Crippen molar-refractivity contribution in [2.24, 2.45) is 0 Å². The Balaban J connectivity index is 1.73. The van der Waals surface area contributed by atoms with E-state index >= 15 is 0 Å². The van der Waals surface area contributed by atoms with Gasteiger partial charge in [-0.25, -0.2) is 4.68 Å². The van der Waals surface area contributed by atoms with Crippen molar-refractivity contribution in [2.45, 2.75) is 31.6 Å². The van der Waals surface area contributed by atoms with Crippen LogP contribution in [0, 0.1) is 0 Å². The van der Waals surface area contributed by atoms with E-state index in [4.69, 9.17) is 14.6 Å². The van der Waals surface area contributed by atoms with Gasteiger partial charge in [0.25, 0.3) is 0 Å². The molecule has 1 aromatic heterocycles. The lowest BCUT2D eigenvalue weighted by Gasteiger charge is -2.32. The standard InChI is InChI=1S/C29H34N4O4S/c1-29(2,3)33-28-25(26(30-33)20-10-6-5-7-11-20)27(21-12-8-9-13-22(21)36-4)38-19-24(35)32(28)18-23(34)31-14-16-37-17-15-31/h5-13,27H,14-19H2,1-4H3/t27-/m0/s1. The Kier molecular flexibility index (Phi) is 7.49. The Bertz CT molecular complexity index is 1310. The zero-order valence-corrected chi connectivity index (χ0v) is 23.2. The fourth-order valence-corrected chi connectivity index (χ4v) is 6.20. The van der Waals surface area contributed by atoms with Gasteiger partial charge in [-0.15, -0.1) is 11.8 Å². The number of aromatic nitrogens is 2. The molecule has 2 amide bonds. The molecular formula is C29H34N4O4S. The van der Waals surface area contributed by atoms with Gasteiger partial charge < -0.3 is 14.4 Å². The Morgan fingerprint density at radius 1 is 1.08 bits per heavy atom. The van der Waals surface area contributed by atoms with Crippen molar-refractivity contribution in [3.8, 4) is 17.0 Å². The van der Waals surface area contributed by atoms with E-state index in [9.17, 15) is 9.59 Å². The Morgan fingerprint density at radius 2 is 1.76 bits per heavy atom. The molecule has 9 heteroatoms. The number of hydrogen-bond donors (Lipinski definition) is 0. The van der Waals surface area contributed by atoms with Crippen LogP contribution in [0.2, 0.25) is 0 Å². The number of hydrogen-bond acceptors (Lipinski definition) is 6. The van der Waals surface area contributed by atoms with Crippen LogP contribution in [0.1, 0.15) is 37.1 Å². The minimum atomic E-state index is -0.446. The van der Waals surface area contributed by atoms with Crippen LogP contribution in [0.15, 0.2) is 54.6 Å². The monoisotopic (exact) mass is 534 g/mol. The Morgan fingerprint density at radius 3 is 2.45 bits per heavy atom. The SMILES string of the molecule is COc1ccccc1[C@@H]1SCC(=O)N(CC(=O)N2CCOCC2)c2c1c(-c1ccccc1)nn2C(C)(C)C. The van der Waals surface area contributed by atoms with E-state index in [2.05, 4.69) is 20.8 Å². The fourth-order valence-electron chi connectivity index (χ4n) is 4.97. The zero-order chi connectivity index (χ0) is 26.9.